The van der Waals surface area contributed by atoms with Crippen molar-refractivity contribution in [3.05, 3.63) is 35.0 Å². The maximum atomic E-state index is 6.04. The monoisotopic (exact) mass is 268 g/mol. The Labute approximate surface area is 111 Å². The van der Waals surface area contributed by atoms with Crippen LogP contribution in [0.5, 0.6) is 0 Å². The van der Waals surface area contributed by atoms with E-state index in [1.165, 1.54) is 0 Å². The van der Waals surface area contributed by atoms with Crippen LogP contribution >= 0.6 is 11.6 Å². The van der Waals surface area contributed by atoms with Gasteiger partial charge in [0.1, 0.15) is 0 Å². The quantitative estimate of drug-likeness (QED) is 0.874. The number of nitrogens with one attached hydrogen (secondary N) is 1. The van der Waals surface area contributed by atoms with Crippen LogP contribution in [-0.2, 0) is 13.5 Å². The zero-order valence-electron chi connectivity index (χ0n) is 10.6. The lowest BCUT2D eigenvalue weighted by Crippen LogP contribution is -2.24. The molecule has 0 aliphatic heterocycles. The van der Waals surface area contributed by atoms with Crippen molar-refractivity contribution in [3.8, 4) is 0 Å². The van der Waals surface area contributed by atoms with Gasteiger partial charge < -0.3 is 9.73 Å². The van der Waals surface area contributed by atoms with Crippen LogP contribution in [0.3, 0.4) is 0 Å². The molecule has 0 amide bonds. The van der Waals surface area contributed by atoms with Crippen LogP contribution in [0.1, 0.15) is 30.6 Å². The lowest BCUT2D eigenvalue weighted by atomic mass is 10.1. The third-order valence-corrected chi connectivity index (χ3v) is 3.03. The predicted molar refractivity (Wildman–Crippen MR) is 69.5 cm³/mol. The minimum absolute atomic E-state index is 0.105. The van der Waals surface area contributed by atoms with E-state index in [-0.39, 0.29) is 6.04 Å². The molecule has 2 heterocycles. The molecule has 0 aliphatic rings. The molecular formula is C12H17ClN4O. The van der Waals surface area contributed by atoms with Crippen molar-refractivity contribution in [2.24, 2.45) is 7.05 Å². The zero-order chi connectivity index (χ0) is 13.0. The Morgan fingerprint density at radius 2 is 2.39 bits per heavy atom. The van der Waals surface area contributed by atoms with E-state index in [2.05, 4.69) is 22.6 Å². The molecule has 1 unspecified atom stereocenters. The average Bonchev–Trinajstić information content (AvgIpc) is 2.93. The number of furan rings is 1. The van der Waals surface area contributed by atoms with E-state index in [9.17, 15) is 0 Å². The Kier molecular flexibility index (Phi) is 4.38. The topological polar surface area (TPSA) is 55.9 Å². The van der Waals surface area contributed by atoms with Gasteiger partial charge in [-0.25, -0.2) is 0 Å². The maximum absolute atomic E-state index is 6.04. The van der Waals surface area contributed by atoms with Crippen LogP contribution in [0, 0.1) is 0 Å². The first-order valence-corrected chi connectivity index (χ1v) is 6.40. The summed E-state index contributed by atoms with van der Waals surface area (Å²) in [7, 11) is 1.86. The molecule has 98 valence electrons. The van der Waals surface area contributed by atoms with Crippen LogP contribution < -0.4 is 5.32 Å². The number of rotatable bonds is 6. The SMILES string of the molecule is CCCNC(Cc1cn(C)nn1)c1ccoc1Cl. The summed E-state index contributed by atoms with van der Waals surface area (Å²) in [5, 5.41) is 11.9. The van der Waals surface area contributed by atoms with Crippen LogP contribution in [0.15, 0.2) is 22.9 Å². The summed E-state index contributed by atoms with van der Waals surface area (Å²) in [6, 6.07) is 2.00. The molecule has 0 saturated heterocycles. The van der Waals surface area contributed by atoms with Gasteiger partial charge >= 0.3 is 0 Å². The summed E-state index contributed by atoms with van der Waals surface area (Å²) in [5.41, 5.74) is 1.90. The molecule has 0 aromatic carbocycles. The van der Waals surface area contributed by atoms with E-state index in [0.29, 0.717) is 5.22 Å². The summed E-state index contributed by atoms with van der Waals surface area (Å²) in [5.74, 6) is 0. The van der Waals surface area contributed by atoms with Crippen LogP contribution in [-0.4, -0.2) is 21.5 Å². The van der Waals surface area contributed by atoms with Gasteiger partial charge in [-0.05, 0) is 30.6 Å². The van der Waals surface area contributed by atoms with Gasteiger partial charge in [-0.15, -0.1) is 5.10 Å². The first-order chi connectivity index (χ1) is 8.70. The molecule has 0 bridgehead atoms. The molecule has 2 aromatic rings. The number of hydrogen-bond donors (Lipinski definition) is 1. The van der Waals surface area contributed by atoms with Gasteiger partial charge in [-0.3, -0.25) is 4.68 Å². The fourth-order valence-electron chi connectivity index (χ4n) is 1.86. The molecule has 0 fully saturated rings. The third-order valence-electron chi connectivity index (χ3n) is 2.73. The molecule has 2 aromatic heterocycles. The molecule has 0 aliphatic carbocycles. The number of hydrogen-bond acceptors (Lipinski definition) is 4. The Balaban J connectivity index is 2.12. The van der Waals surface area contributed by atoms with E-state index in [1.54, 1.807) is 10.9 Å². The minimum atomic E-state index is 0.105. The Hall–Kier alpha value is -1.33. The summed E-state index contributed by atoms with van der Waals surface area (Å²) >= 11 is 6.04. The molecule has 2 rings (SSSR count). The van der Waals surface area contributed by atoms with Crippen molar-refractivity contribution in [2.45, 2.75) is 25.8 Å². The van der Waals surface area contributed by atoms with Crippen molar-refractivity contribution in [1.29, 1.82) is 0 Å². The molecule has 1 atom stereocenters. The second kappa shape index (κ2) is 6.02. The normalized spacial score (nSPS) is 12.8. The van der Waals surface area contributed by atoms with Gasteiger partial charge in [0, 0.05) is 31.3 Å². The predicted octanol–water partition coefficient (Wildman–Crippen LogP) is 2.34. The molecule has 6 heteroatoms. The van der Waals surface area contributed by atoms with Crippen molar-refractivity contribution in [1.82, 2.24) is 20.3 Å². The summed E-state index contributed by atoms with van der Waals surface area (Å²) in [6.07, 6.45) is 5.32. The summed E-state index contributed by atoms with van der Waals surface area (Å²) in [6.45, 7) is 3.05. The van der Waals surface area contributed by atoms with E-state index in [1.807, 2.05) is 19.3 Å². The molecule has 0 radical (unpaired) electrons. The highest BCUT2D eigenvalue weighted by molar-refractivity contribution is 6.29. The molecular weight excluding hydrogens is 252 g/mol. The standard InChI is InChI=1S/C12H17ClN4O/c1-3-5-14-11(10-4-6-18-12(10)13)7-9-8-17(2)16-15-9/h4,6,8,11,14H,3,5,7H2,1-2H3. The van der Waals surface area contributed by atoms with Crippen molar-refractivity contribution in [2.75, 3.05) is 6.54 Å². The van der Waals surface area contributed by atoms with Gasteiger partial charge in [0.2, 0.25) is 0 Å². The molecule has 1 N–H and O–H groups in total. The van der Waals surface area contributed by atoms with Gasteiger partial charge in [-0.2, -0.15) is 0 Å². The second-order valence-corrected chi connectivity index (χ2v) is 4.59. The Bertz CT molecular complexity index is 494. The number of nitrogens with zero attached hydrogens (tertiary/aromatic N) is 3. The van der Waals surface area contributed by atoms with E-state index >= 15 is 0 Å². The molecule has 0 saturated carbocycles. The van der Waals surface area contributed by atoms with Crippen LogP contribution in [0.4, 0.5) is 0 Å². The Morgan fingerprint density at radius 1 is 1.56 bits per heavy atom. The van der Waals surface area contributed by atoms with Crippen LogP contribution in [0.2, 0.25) is 5.22 Å². The highest BCUT2D eigenvalue weighted by atomic mass is 35.5. The highest BCUT2D eigenvalue weighted by Gasteiger charge is 2.18. The number of aryl methyl sites for hydroxylation is 1. The first kappa shape index (κ1) is 13.1. The van der Waals surface area contributed by atoms with E-state index in [4.69, 9.17) is 16.0 Å². The van der Waals surface area contributed by atoms with Crippen molar-refractivity contribution >= 4 is 11.6 Å². The van der Waals surface area contributed by atoms with Gasteiger partial charge in [-0.1, -0.05) is 12.1 Å². The Morgan fingerprint density at radius 3 is 2.94 bits per heavy atom. The lowest BCUT2D eigenvalue weighted by Gasteiger charge is -2.16. The van der Waals surface area contributed by atoms with Gasteiger partial charge in [0.25, 0.3) is 0 Å². The molecule has 0 spiro atoms. The lowest BCUT2D eigenvalue weighted by molar-refractivity contribution is 0.509. The second-order valence-electron chi connectivity index (χ2n) is 4.24. The smallest absolute Gasteiger partial charge is 0.197 e. The number of halogens is 1. The maximum Gasteiger partial charge on any atom is 0.197 e. The highest BCUT2D eigenvalue weighted by Crippen LogP contribution is 2.26. The fraction of sp³-hybridized carbons (Fsp3) is 0.500. The number of aromatic nitrogens is 3. The minimum Gasteiger partial charge on any atom is -0.453 e. The molecule has 5 nitrogen and oxygen atoms in total. The van der Waals surface area contributed by atoms with Gasteiger partial charge in [0.05, 0.1) is 12.0 Å². The summed E-state index contributed by atoms with van der Waals surface area (Å²) in [4.78, 5) is 0. The fourth-order valence-corrected chi connectivity index (χ4v) is 2.11. The average molecular weight is 269 g/mol. The van der Waals surface area contributed by atoms with Crippen molar-refractivity contribution in [3.63, 3.8) is 0 Å². The molecule has 18 heavy (non-hydrogen) atoms. The van der Waals surface area contributed by atoms with Gasteiger partial charge in [0.15, 0.2) is 5.22 Å². The largest absolute Gasteiger partial charge is 0.453 e. The van der Waals surface area contributed by atoms with Crippen LogP contribution in [0.25, 0.3) is 0 Å². The van der Waals surface area contributed by atoms with E-state index < -0.39 is 0 Å². The third kappa shape index (κ3) is 3.11. The first-order valence-electron chi connectivity index (χ1n) is 6.02. The zero-order valence-corrected chi connectivity index (χ0v) is 11.3. The van der Waals surface area contributed by atoms with E-state index in [0.717, 1.165) is 30.6 Å². The summed E-state index contributed by atoms with van der Waals surface area (Å²) < 4.78 is 6.85. The van der Waals surface area contributed by atoms with Crippen molar-refractivity contribution < 1.29 is 4.42 Å².